The van der Waals surface area contributed by atoms with Gasteiger partial charge in [-0.1, -0.05) is 155 Å². The molecule has 0 saturated carbocycles. The van der Waals surface area contributed by atoms with Crippen molar-refractivity contribution in [2.24, 2.45) is 5.92 Å². The SMILES string of the molecule is [2H]c1c([2H])c([2H])c2c(c1[2H])c1c([2H])c([2H])c([2H])c([2H])c1n2-c1cc(Oc2cccc([N@@+]34[CH-][N@@+](c5cc(C(C)(C)C)cc(C(C)(C)C)c5)(C3)c3c(C([2H])([2H])C(C)C)cccc34)c2)cc2c1c1ccccc1n2-c1cc(C(C)(C)C)ccn1. The van der Waals surface area contributed by atoms with Gasteiger partial charge in [-0.25, -0.2) is 4.98 Å². The normalized spacial score (nSPS) is 20.2. The van der Waals surface area contributed by atoms with Crippen LogP contribution in [0.1, 0.15) is 112 Å². The van der Waals surface area contributed by atoms with Crippen molar-refractivity contribution < 1.29 is 18.4 Å². The third kappa shape index (κ3) is 7.08. The first-order valence-electron chi connectivity index (χ1n) is 29.7. The van der Waals surface area contributed by atoms with Gasteiger partial charge in [0.25, 0.3) is 0 Å². The zero-order chi connectivity index (χ0) is 58.2. The van der Waals surface area contributed by atoms with E-state index in [-0.39, 0.29) is 44.0 Å². The van der Waals surface area contributed by atoms with Crippen molar-refractivity contribution >= 4 is 66.4 Å². The van der Waals surface area contributed by atoms with Crippen LogP contribution < -0.4 is 13.7 Å². The Morgan fingerprint density at radius 3 is 1.92 bits per heavy atom. The number of rotatable bonds is 8. The fourth-order valence-electron chi connectivity index (χ4n) is 11.0. The van der Waals surface area contributed by atoms with Crippen LogP contribution in [0.3, 0.4) is 0 Å². The van der Waals surface area contributed by atoms with Crippen molar-refractivity contribution in [3.63, 3.8) is 0 Å². The summed E-state index contributed by atoms with van der Waals surface area (Å²) < 4.78 is 104. The van der Waals surface area contributed by atoms with E-state index in [4.69, 9.17) is 15.2 Å². The van der Waals surface area contributed by atoms with Crippen molar-refractivity contribution in [3.05, 3.63) is 193 Å². The van der Waals surface area contributed by atoms with Crippen LogP contribution in [0.25, 0.3) is 55.1 Å². The Morgan fingerprint density at radius 1 is 0.606 bits per heavy atom. The van der Waals surface area contributed by atoms with E-state index in [0.29, 0.717) is 55.1 Å². The summed E-state index contributed by atoms with van der Waals surface area (Å²) in [6.45, 7) is 26.6. The van der Waals surface area contributed by atoms with Crippen LogP contribution in [0, 0.1) is 12.6 Å². The largest absolute Gasteiger partial charge is 0.457 e. The van der Waals surface area contributed by atoms with Gasteiger partial charge >= 0.3 is 0 Å². The number of hydrogen-bond donors (Lipinski definition) is 0. The quantitative estimate of drug-likeness (QED) is 0.112. The molecule has 6 heteroatoms. The highest BCUT2D eigenvalue weighted by Gasteiger charge is 2.64. The second-order valence-corrected chi connectivity index (χ2v) is 23.0. The van der Waals surface area contributed by atoms with E-state index >= 15 is 0 Å². The van der Waals surface area contributed by atoms with Gasteiger partial charge < -0.3 is 9.30 Å². The smallest absolute Gasteiger partial charge is 0.186 e. The molecule has 10 aromatic rings. The first kappa shape index (κ1) is 35.2. The first-order chi connectivity index (χ1) is 37.9. The molecule has 0 N–H and O–H groups in total. The second-order valence-electron chi connectivity index (χ2n) is 23.0. The topological polar surface area (TPSA) is 32.0 Å². The molecule has 3 aromatic heterocycles. The predicted octanol–water partition coefficient (Wildman–Crippen LogP) is 17.5. The number of ether oxygens (including phenoxy) is 1. The van der Waals surface area contributed by atoms with Gasteiger partial charge in [0.05, 0.1) is 45.4 Å². The van der Waals surface area contributed by atoms with Gasteiger partial charge in [-0.3, -0.25) is 13.5 Å². The van der Waals surface area contributed by atoms with E-state index in [1.165, 1.54) is 11.1 Å². The van der Waals surface area contributed by atoms with E-state index in [2.05, 4.69) is 105 Å². The molecule has 0 amide bonds. The van der Waals surface area contributed by atoms with Crippen molar-refractivity contribution in [2.75, 3.05) is 6.67 Å². The minimum absolute atomic E-state index is 0.00423. The van der Waals surface area contributed by atoms with Gasteiger partial charge in [0.15, 0.2) is 18.0 Å². The Kier molecular flexibility index (Phi) is 7.80. The number of quaternary nitrogens is 2. The lowest BCUT2D eigenvalue weighted by atomic mass is 9.80. The van der Waals surface area contributed by atoms with Crippen LogP contribution in [0.15, 0.2) is 164 Å². The van der Waals surface area contributed by atoms with Crippen LogP contribution in [-0.4, -0.2) is 20.8 Å². The molecule has 71 heavy (non-hydrogen) atoms. The third-order valence-electron chi connectivity index (χ3n) is 14.6. The number of hydrogen-bond acceptors (Lipinski definition) is 2. The number of pyridine rings is 1. The average molecular weight is 943 g/mol. The Morgan fingerprint density at radius 2 is 1.25 bits per heavy atom. The molecule has 3 aliphatic rings. The fourth-order valence-corrected chi connectivity index (χ4v) is 11.0. The van der Waals surface area contributed by atoms with Crippen molar-refractivity contribution in [2.45, 2.75) is 98.8 Å². The van der Waals surface area contributed by atoms with Crippen LogP contribution in [0.2, 0.25) is 0 Å². The zero-order valence-corrected chi connectivity index (χ0v) is 42.5. The number of fused-ring (bicyclic) bond motifs is 6. The monoisotopic (exact) mass is 943 g/mol. The van der Waals surface area contributed by atoms with E-state index in [9.17, 15) is 8.22 Å². The molecule has 356 valence electrons. The van der Waals surface area contributed by atoms with Crippen molar-refractivity contribution in [1.82, 2.24) is 23.1 Å². The molecule has 1 saturated heterocycles. The molecule has 0 aliphatic carbocycles. The van der Waals surface area contributed by atoms with Gasteiger partial charge in [0, 0.05) is 72.4 Å². The van der Waals surface area contributed by atoms with Crippen molar-refractivity contribution in [1.29, 1.82) is 0 Å². The van der Waals surface area contributed by atoms with Crippen molar-refractivity contribution in [3.8, 4) is 23.0 Å². The van der Waals surface area contributed by atoms with Gasteiger partial charge in [0.2, 0.25) is 0 Å². The van der Waals surface area contributed by atoms with Gasteiger partial charge in [-0.05, 0) is 87.6 Å². The summed E-state index contributed by atoms with van der Waals surface area (Å²) in [5.41, 5.74) is 9.21. The molecule has 13 rings (SSSR count). The van der Waals surface area contributed by atoms with E-state index in [1.54, 1.807) is 16.8 Å². The molecule has 6 nitrogen and oxygen atoms in total. The van der Waals surface area contributed by atoms with Crippen LogP contribution in [-0.2, 0) is 22.6 Å². The Hall–Kier alpha value is -6.99. The lowest BCUT2D eigenvalue weighted by Crippen LogP contribution is -2.67. The molecule has 6 heterocycles. The van der Waals surface area contributed by atoms with E-state index < -0.39 is 54.7 Å². The van der Waals surface area contributed by atoms with Crippen LogP contribution in [0.4, 0.5) is 22.7 Å². The predicted molar refractivity (Wildman–Crippen MR) is 299 cm³/mol. The highest BCUT2D eigenvalue weighted by atomic mass is 16.5. The zero-order valence-electron chi connectivity index (χ0n) is 52.5. The summed E-state index contributed by atoms with van der Waals surface area (Å²) in [6.07, 6.45) is 0.131. The fraction of sp³-hybridized carbons (Fsp3) is 0.262. The summed E-state index contributed by atoms with van der Waals surface area (Å²) in [5, 5.41) is 1.34. The molecule has 0 radical (unpaired) electrons. The number of para-hydroxylation sites is 4. The summed E-state index contributed by atoms with van der Waals surface area (Å²) in [7, 11) is 0. The lowest BCUT2D eigenvalue weighted by Gasteiger charge is -2.56. The Labute approximate surface area is 433 Å². The second kappa shape index (κ2) is 15.8. The lowest BCUT2D eigenvalue weighted by molar-refractivity contribution is 0.186. The molecular formula is C65H66N5O+. The van der Waals surface area contributed by atoms with Gasteiger partial charge in [0.1, 0.15) is 28.7 Å². The minimum atomic E-state index is -1.66. The average Bonchev–Trinajstić information content (AvgIpc) is 1.77. The minimum Gasteiger partial charge on any atom is -0.457 e. The van der Waals surface area contributed by atoms with Gasteiger partial charge in [-0.15, -0.1) is 0 Å². The summed E-state index contributed by atoms with van der Waals surface area (Å²) in [4.78, 5) is 4.96. The molecule has 1 fully saturated rings. The summed E-state index contributed by atoms with van der Waals surface area (Å²) in [6, 6.07) is 32.8. The molecule has 2 bridgehead atoms. The first-order valence-corrected chi connectivity index (χ1v) is 24.7. The van der Waals surface area contributed by atoms with Crippen LogP contribution >= 0.6 is 0 Å². The molecule has 3 aliphatic heterocycles. The molecular weight excluding hydrogens is 867 g/mol. The molecule has 0 spiro atoms. The Bertz CT molecular complexity index is 4230. The third-order valence-corrected chi connectivity index (χ3v) is 14.6. The maximum Gasteiger partial charge on any atom is 0.186 e. The Balaban J connectivity index is 1.11. The standard InChI is InChI=1S/C65H66N5O/c1-42(2)32-43-20-18-29-59-62(43)70(48-34-45(64(6,7)8)33-46(35-48)65(9,10)11)40-69(59,41-70)47-21-19-22-49(37-47)71-50-38-57(67-54-26-15-12-23-51(54)52-24-13-16-27-55(52)67)61-53-25-14-17-28-56(53)68(58(61)39-50)60-36-44(30-31-66-60)63(3,4)5/h12-31,33-40,42H,32,41H2,1-11H3/q+1/t69-,70+/m1/s1/i12D,13D,15D,16D,23D,24D,26D,27D,32D2. The molecule has 0 unspecified atom stereocenters. The maximum absolute atomic E-state index is 9.63. The van der Waals surface area contributed by atoms with E-state index in [0.717, 1.165) is 39.2 Å². The highest BCUT2D eigenvalue weighted by Crippen LogP contribution is 2.67. The molecule has 7 aromatic carbocycles. The summed E-state index contributed by atoms with van der Waals surface area (Å²) in [5.74, 6) is 1.12. The highest BCUT2D eigenvalue weighted by molar-refractivity contribution is 6.16. The number of aromatic nitrogens is 3. The van der Waals surface area contributed by atoms with Crippen LogP contribution in [0.5, 0.6) is 11.5 Å². The van der Waals surface area contributed by atoms with Gasteiger partial charge in [-0.2, -0.15) is 0 Å². The number of benzene rings is 7. The van der Waals surface area contributed by atoms with E-state index in [1.807, 2.05) is 85.1 Å². The molecule has 2 atom stereocenters. The number of nitrogens with zero attached hydrogens (tertiary/aromatic N) is 5. The summed E-state index contributed by atoms with van der Waals surface area (Å²) >= 11 is 0. The maximum atomic E-state index is 9.63.